The second-order valence-corrected chi connectivity index (χ2v) is 4.14. The van der Waals surface area contributed by atoms with Gasteiger partial charge in [-0.05, 0) is 40.3 Å². The molecule has 0 fully saturated rings. The van der Waals surface area contributed by atoms with E-state index in [0.29, 0.717) is 0 Å². The molecule has 2 aliphatic rings. The number of rotatable bonds is 0. The molecular weight excluding hydrogens is 198 g/mol. The van der Waals surface area contributed by atoms with Gasteiger partial charge in [-0.15, -0.1) is 0 Å². The smallest absolute Gasteiger partial charge is 0.0931 e. The normalized spacial score (nSPS) is 17.0. The van der Waals surface area contributed by atoms with E-state index in [4.69, 9.17) is 0 Å². The number of benzene rings is 1. The highest BCUT2D eigenvalue weighted by molar-refractivity contribution is 6.16. The lowest BCUT2D eigenvalue weighted by Gasteiger charge is -2.12. The summed E-state index contributed by atoms with van der Waals surface area (Å²) in [5, 5.41) is 2.52. The molecule has 4 rings (SSSR count). The average Bonchev–Trinajstić information content (AvgIpc) is 2.74. The third-order valence-corrected chi connectivity index (χ3v) is 3.15. The van der Waals surface area contributed by atoms with Crippen LogP contribution in [0.1, 0.15) is 6.42 Å². The Morgan fingerprint density at radius 3 is 3.25 bits per heavy atom. The van der Waals surface area contributed by atoms with Crippen molar-refractivity contribution in [3.8, 4) is 0 Å². The molecule has 2 heterocycles. The van der Waals surface area contributed by atoms with E-state index in [9.17, 15) is 0 Å². The first-order valence-corrected chi connectivity index (χ1v) is 5.31. The predicted molar refractivity (Wildman–Crippen MR) is 64.4 cm³/mol. The second-order valence-electron chi connectivity index (χ2n) is 4.14. The highest BCUT2D eigenvalue weighted by atomic mass is 14.9. The number of nitrogens with zero attached hydrogens (tertiary/aromatic N) is 2. The molecule has 0 amide bonds. The number of aromatic nitrogens is 2. The number of fused-ring (bicyclic) bond motifs is 4. The van der Waals surface area contributed by atoms with Crippen molar-refractivity contribution >= 4 is 28.4 Å². The zero-order valence-corrected chi connectivity index (χ0v) is 8.57. The molecule has 3 nitrogen and oxygen atoms in total. The maximum absolute atomic E-state index is 4.35. The van der Waals surface area contributed by atoms with Gasteiger partial charge >= 0.3 is 0 Å². The Labute approximate surface area is 91.5 Å². The third kappa shape index (κ3) is 0.972. The van der Waals surface area contributed by atoms with E-state index in [1.54, 1.807) is 6.33 Å². The summed E-state index contributed by atoms with van der Waals surface area (Å²) in [6, 6.07) is 4.30. The van der Waals surface area contributed by atoms with Crippen LogP contribution in [0.4, 0.5) is 0 Å². The minimum atomic E-state index is 0.948. The van der Waals surface area contributed by atoms with E-state index in [-0.39, 0.29) is 0 Å². The summed E-state index contributed by atoms with van der Waals surface area (Å²) in [7, 11) is 0. The Hall–Kier alpha value is -2.16. The average molecular weight is 207 g/mol. The van der Waals surface area contributed by atoms with Crippen molar-refractivity contribution in [1.82, 2.24) is 9.97 Å². The van der Waals surface area contributed by atoms with Crippen LogP contribution in [-0.4, -0.2) is 15.7 Å². The van der Waals surface area contributed by atoms with Crippen molar-refractivity contribution in [3.05, 3.63) is 41.2 Å². The third-order valence-electron chi connectivity index (χ3n) is 3.15. The fourth-order valence-electron chi connectivity index (χ4n) is 2.37. The fourth-order valence-corrected chi connectivity index (χ4v) is 2.37. The van der Waals surface area contributed by atoms with E-state index >= 15 is 0 Å². The summed E-state index contributed by atoms with van der Waals surface area (Å²) in [6.45, 7) is 0. The molecule has 0 saturated heterocycles. The standard InChI is InChI=1S/C13H9N3/c1-2-14-10-3-8(1)11-6-13-12(15-7-16-13)5-9(11)4-10/h1-2,4-7H,3H2,(H,15,16). The fraction of sp³-hybridized carbons (Fsp3) is 0.0769. The van der Waals surface area contributed by atoms with Crippen LogP contribution in [0.25, 0.3) is 22.7 Å². The van der Waals surface area contributed by atoms with Crippen LogP contribution in [-0.2, 0) is 0 Å². The van der Waals surface area contributed by atoms with Crippen molar-refractivity contribution in [1.29, 1.82) is 0 Å². The monoisotopic (exact) mass is 207 g/mol. The van der Waals surface area contributed by atoms with Gasteiger partial charge in [0.15, 0.2) is 0 Å². The molecule has 16 heavy (non-hydrogen) atoms. The van der Waals surface area contributed by atoms with Gasteiger partial charge in [-0.2, -0.15) is 0 Å². The molecule has 0 atom stereocenters. The quantitative estimate of drug-likeness (QED) is 0.684. The van der Waals surface area contributed by atoms with Crippen molar-refractivity contribution in [3.63, 3.8) is 0 Å². The second kappa shape index (κ2) is 2.70. The van der Waals surface area contributed by atoms with Crippen LogP contribution >= 0.6 is 0 Å². The van der Waals surface area contributed by atoms with Crippen LogP contribution in [0.5, 0.6) is 0 Å². The molecule has 0 unspecified atom stereocenters. The van der Waals surface area contributed by atoms with Gasteiger partial charge in [0, 0.05) is 18.3 Å². The first-order chi connectivity index (χ1) is 7.90. The zero-order valence-electron chi connectivity index (χ0n) is 8.57. The van der Waals surface area contributed by atoms with Crippen molar-refractivity contribution < 1.29 is 0 Å². The van der Waals surface area contributed by atoms with E-state index in [1.165, 1.54) is 16.0 Å². The molecule has 3 heteroatoms. The predicted octanol–water partition coefficient (Wildman–Crippen LogP) is 0.866. The summed E-state index contributed by atoms with van der Waals surface area (Å²) in [4.78, 5) is 11.8. The summed E-state index contributed by atoms with van der Waals surface area (Å²) in [6.07, 6.45) is 8.81. The number of aliphatic imine (C=N–C) groups is 1. The van der Waals surface area contributed by atoms with Gasteiger partial charge in [0.25, 0.3) is 0 Å². The highest BCUT2D eigenvalue weighted by Gasteiger charge is 2.11. The van der Waals surface area contributed by atoms with Crippen molar-refractivity contribution in [2.45, 2.75) is 6.42 Å². The minimum absolute atomic E-state index is 0.948. The number of hydrogen-bond acceptors (Lipinski definition) is 2. The van der Waals surface area contributed by atoms with Crippen LogP contribution in [0, 0.1) is 0 Å². The Kier molecular flexibility index (Phi) is 1.36. The first-order valence-electron chi connectivity index (χ1n) is 5.31. The Bertz CT molecular complexity index is 775. The van der Waals surface area contributed by atoms with Gasteiger partial charge in [-0.1, -0.05) is 0 Å². The first kappa shape index (κ1) is 8.05. The molecule has 1 aromatic carbocycles. The number of hydrogen-bond donors (Lipinski definition) is 1. The molecule has 2 bridgehead atoms. The van der Waals surface area contributed by atoms with Crippen molar-refractivity contribution in [2.24, 2.45) is 4.99 Å². The lowest BCUT2D eigenvalue weighted by Crippen LogP contribution is -2.32. The van der Waals surface area contributed by atoms with Gasteiger partial charge in [-0.3, -0.25) is 4.99 Å². The molecule has 0 saturated carbocycles. The highest BCUT2D eigenvalue weighted by Crippen LogP contribution is 2.14. The molecular formula is C13H9N3. The summed E-state index contributed by atoms with van der Waals surface area (Å²) in [5.74, 6) is 0. The maximum atomic E-state index is 4.35. The van der Waals surface area contributed by atoms with Gasteiger partial charge in [0.2, 0.25) is 0 Å². The van der Waals surface area contributed by atoms with Gasteiger partial charge in [0.05, 0.1) is 17.4 Å². The van der Waals surface area contributed by atoms with Gasteiger partial charge in [0.1, 0.15) is 0 Å². The van der Waals surface area contributed by atoms with E-state index in [2.05, 4.69) is 39.2 Å². The van der Waals surface area contributed by atoms with E-state index < -0.39 is 0 Å². The SMILES string of the molecule is C1=CC2=c3cc4[nH]cnc4cc3=CC(=N1)C2. The van der Waals surface area contributed by atoms with Crippen molar-refractivity contribution in [2.75, 3.05) is 0 Å². The molecule has 0 radical (unpaired) electrons. The summed E-state index contributed by atoms with van der Waals surface area (Å²) < 4.78 is 0. The molecule has 1 aliphatic heterocycles. The molecule has 2 aromatic rings. The number of nitrogens with one attached hydrogen (secondary N) is 1. The Morgan fingerprint density at radius 1 is 1.25 bits per heavy atom. The summed E-state index contributed by atoms with van der Waals surface area (Å²) in [5.41, 5.74) is 4.60. The van der Waals surface area contributed by atoms with Crippen LogP contribution in [0.3, 0.4) is 0 Å². The summed E-state index contributed by atoms with van der Waals surface area (Å²) >= 11 is 0. The van der Waals surface area contributed by atoms with Crippen LogP contribution in [0.2, 0.25) is 0 Å². The number of aromatic amines is 1. The Balaban J connectivity index is 2.28. The minimum Gasteiger partial charge on any atom is -0.345 e. The lowest BCUT2D eigenvalue weighted by molar-refractivity contribution is 1.34. The zero-order chi connectivity index (χ0) is 10.5. The molecule has 1 N–H and O–H groups in total. The topological polar surface area (TPSA) is 41.0 Å². The maximum Gasteiger partial charge on any atom is 0.0931 e. The number of imidazole rings is 1. The molecule has 1 aromatic heterocycles. The largest absolute Gasteiger partial charge is 0.345 e. The van der Waals surface area contributed by atoms with Crippen LogP contribution < -0.4 is 10.4 Å². The Morgan fingerprint density at radius 2 is 2.25 bits per heavy atom. The number of H-pyrrole nitrogens is 1. The molecule has 76 valence electrons. The molecule has 1 aliphatic carbocycles. The van der Waals surface area contributed by atoms with Crippen LogP contribution in [0.15, 0.2) is 35.7 Å². The molecule has 0 spiro atoms. The lowest BCUT2D eigenvalue weighted by atomic mass is 9.96. The van der Waals surface area contributed by atoms with E-state index in [1.807, 2.05) is 6.20 Å². The van der Waals surface area contributed by atoms with Gasteiger partial charge in [-0.25, -0.2) is 4.98 Å². The number of allylic oxidation sites excluding steroid dienone is 1. The van der Waals surface area contributed by atoms with Gasteiger partial charge < -0.3 is 4.98 Å². The van der Waals surface area contributed by atoms with E-state index in [0.717, 1.165) is 23.2 Å².